The average Bonchev–Trinajstić information content (AvgIpc) is 2.41. The molecule has 0 atom stereocenters. The molecule has 3 N–H and O–H groups in total. The molecule has 2 rings (SSSR count). The van der Waals surface area contributed by atoms with E-state index in [1.807, 2.05) is 18.4 Å². The number of nitrogens with two attached hydrogens (primary N) is 1. The molecule has 0 bridgehead atoms. The largest absolute Gasteiger partial charge is 0.399 e. The van der Waals surface area contributed by atoms with Gasteiger partial charge in [-0.1, -0.05) is 23.7 Å². The summed E-state index contributed by atoms with van der Waals surface area (Å²) in [5.41, 5.74) is 6.47. The molecule has 20 heavy (non-hydrogen) atoms. The summed E-state index contributed by atoms with van der Waals surface area (Å²) in [5, 5.41) is 0.133. The minimum Gasteiger partial charge on any atom is -0.399 e. The van der Waals surface area contributed by atoms with E-state index >= 15 is 0 Å². The first-order chi connectivity index (χ1) is 9.44. The monoisotopic (exact) mass is 328 g/mol. The second-order valence-corrected chi connectivity index (χ2v) is 6.90. The first kappa shape index (κ1) is 15.0. The highest BCUT2D eigenvalue weighted by molar-refractivity contribution is 7.99. The van der Waals surface area contributed by atoms with Gasteiger partial charge in [0.1, 0.15) is 4.90 Å². The quantitative estimate of drug-likeness (QED) is 0.666. The molecular formula is C13H13ClN2O2S2. The molecule has 0 aliphatic carbocycles. The van der Waals surface area contributed by atoms with Gasteiger partial charge < -0.3 is 5.73 Å². The number of hydrogen-bond acceptors (Lipinski definition) is 4. The number of hydrogen-bond donors (Lipinski definition) is 2. The van der Waals surface area contributed by atoms with Crippen molar-refractivity contribution in [3.63, 3.8) is 0 Å². The summed E-state index contributed by atoms with van der Waals surface area (Å²) < 4.78 is 27.3. The van der Waals surface area contributed by atoms with E-state index in [2.05, 4.69) is 4.72 Å². The minimum atomic E-state index is -3.77. The zero-order chi connectivity index (χ0) is 14.8. The fraction of sp³-hybridized carbons (Fsp3) is 0.0769. The molecule has 7 heteroatoms. The third-order valence-electron chi connectivity index (χ3n) is 2.60. The van der Waals surface area contributed by atoms with Crippen LogP contribution in [0.25, 0.3) is 0 Å². The second-order valence-electron chi connectivity index (χ2n) is 4.00. The number of thioether (sulfide) groups is 1. The van der Waals surface area contributed by atoms with Gasteiger partial charge in [0.15, 0.2) is 0 Å². The third-order valence-corrected chi connectivity index (χ3v) is 5.24. The number of anilines is 2. The zero-order valence-corrected chi connectivity index (χ0v) is 13.0. The van der Waals surface area contributed by atoms with Gasteiger partial charge in [0, 0.05) is 10.6 Å². The van der Waals surface area contributed by atoms with Crippen molar-refractivity contribution in [3.05, 3.63) is 47.5 Å². The number of halogens is 1. The Morgan fingerprint density at radius 3 is 2.60 bits per heavy atom. The van der Waals surface area contributed by atoms with Gasteiger partial charge in [-0.2, -0.15) is 0 Å². The molecule has 0 amide bonds. The highest BCUT2D eigenvalue weighted by Gasteiger charge is 2.19. The lowest BCUT2D eigenvalue weighted by Crippen LogP contribution is -2.14. The predicted octanol–water partition coefficient (Wildman–Crippen LogP) is 3.44. The van der Waals surface area contributed by atoms with Crippen LogP contribution in [0.1, 0.15) is 0 Å². The van der Waals surface area contributed by atoms with Crippen molar-refractivity contribution in [2.75, 3.05) is 16.7 Å². The first-order valence-corrected chi connectivity index (χ1v) is 8.73. The van der Waals surface area contributed by atoms with Gasteiger partial charge in [-0.3, -0.25) is 4.72 Å². The lowest BCUT2D eigenvalue weighted by molar-refractivity contribution is 0.601. The van der Waals surface area contributed by atoms with Crippen molar-refractivity contribution >= 4 is 44.8 Å². The summed E-state index contributed by atoms with van der Waals surface area (Å²) in [6.45, 7) is 0. The Labute approximate surface area is 127 Å². The molecule has 0 saturated heterocycles. The summed E-state index contributed by atoms with van der Waals surface area (Å²) in [6, 6.07) is 11.5. The van der Waals surface area contributed by atoms with Gasteiger partial charge in [0.05, 0.1) is 10.7 Å². The zero-order valence-electron chi connectivity index (χ0n) is 10.6. The van der Waals surface area contributed by atoms with Crippen molar-refractivity contribution < 1.29 is 8.42 Å². The van der Waals surface area contributed by atoms with Crippen LogP contribution in [0.2, 0.25) is 5.02 Å². The number of nitrogen functional groups attached to an aromatic ring is 1. The minimum absolute atomic E-state index is 0.0323. The average molecular weight is 329 g/mol. The van der Waals surface area contributed by atoms with E-state index in [1.165, 1.54) is 23.9 Å². The molecule has 2 aromatic carbocycles. The Morgan fingerprint density at radius 2 is 1.90 bits per heavy atom. The molecule has 0 aromatic heterocycles. The maximum atomic E-state index is 12.4. The molecule has 0 unspecified atom stereocenters. The maximum absolute atomic E-state index is 12.4. The second kappa shape index (κ2) is 5.95. The number of para-hydroxylation sites is 1. The van der Waals surface area contributed by atoms with Crippen LogP contribution in [0.5, 0.6) is 0 Å². The molecule has 106 valence electrons. The van der Waals surface area contributed by atoms with E-state index in [4.69, 9.17) is 17.3 Å². The predicted molar refractivity (Wildman–Crippen MR) is 84.9 cm³/mol. The fourth-order valence-electron chi connectivity index (χ4n) is 1.65. The molecule has 0 aliphatic rings. The van der Waals surface area contributed by atoms with Gasteiger partial charge in [-0.25, -0.2) is 8.42 Å². The van der Waals surface area contributed by atoms with Crippen molar-refractivity contribution in [1.82, 2.24) is 0 Å². The molecule has 2 aromatic rings. The van der Waals surface area contributed by atoms with E-state index in [-0.39, 0.29) is 9.92 Å². The van der Waals surface area contributed by atoms with Gasteiger partial charge in [-0.15, -0.1) is 11.8 Å². The van der Waals surface area contributed by atoms with Crippen LogP contribution in [-0.2, 0) is 10.0 Å². The summed E-state index contributed by atoms with van der Waals surface area (Å²) in [6.07, 6.45) is 1.88. The molecule has 4 nitrogen and oxygen atoms in total. The van der Waals surface area contributed by atoms with E-state index < -0.39 is 10.0 Å². The Morgan fingerprint density at radius 1 is 1.20 bits per heavy atom. The SMILES string of the molecule is CSc1ccccc1NS(=O)(=O)c1cc(N)ccc1Cl. The number of benzene rings is 2. The molecule has 0 aliphatic heterocycles. The van der Waals surface area contributed by atoms with Gasteiger partial charge >= 0.3 is 0 Å². The molecular weight excluding hydrogens is 316 g/mol. The fourth-order valence-corrected chi connectivity index (χ4v) is 3.89. The van der Waals surface area contributed by atoms with E-state index in [0.717, 1.165) is 4.90 Å². The van der Waals surface area contributed by atoms with Crippen LogP contribution >= 0.6 is 23.4 Å². The van der Waals surface area contributed by atoms with Gasteiger partial charge in [0.25, 0.3) is 10.0 Å². The van der Waals surface area contributed by atoms with Crippen LogP contribution in [0.3, 0.4) is 0 Å². The van der Waals surface area contributed by atoms with Crippen molar-refractivity contribution in [2.24, 2.45) is 0 Å². The Balaban J connectivity index is 2.43. The summed E-state index contributed by atoms with van der Waals surface area (Å²) in [7, 11) is -3.77. The van der Waals surface area contributed by atoms with E-state index in [0.29, 0.717) is 11.4 Å². The Hall–Kier alpha value is -1.37. The lowest BCUT2D eigenvalue weighted by Gasteiger charge is -2.12. The number of sulfonamides is 1. The number of rotatable bonds is 4. The Bertz CT molecular complexity index is 733. The summed E-state index contributed by atoms with van der Waals surface area (Å²) in [5.74, 6) is 0. The Kier molecular flexibility index (Phi) is 4.47. The van der Waals surface area contributed by atoms with Crippen LogP contribution in [-0.4, -0.2) is 14.7 Å². The molecule has 0 radical (unpaired) electrons. The molecule has 0 spiro atoms. The normalized spacial score (nSPS) is 11.3. The number of nitrogens with one attached hydrogen (secondary N) is 1. The van der Waals surface area contributed by atoms with Crippen LogP contribution in [0.15, 0.2) is 52.3 Å². The topological polar surface area (TPSA) is 72.2 Å². The highest BCUT2D eigenvalue weighted by Crippen LogP contribution is 2.29. The van der Waals surface area contributed by atoms with Gasteiger partial charge in [-0.05, 0) is 36.6 Å². The van der Waals surface area contributed by atoms with Crippen molar-refractivity contribution in [1.29, 1.82) is 0 Å². The first-order valence-electron chi connectivity index (χ1n) is 5.65. The standard InChI is InChI=1S/C13H13ClN2O2S2/c1-19-12-5-3-2-4-11(12)16-20(17,18)13-8-9(15)6-7-10(13)14/h2-8,16H,15H2,1H3. The summed E-state index contributed by atoms with van der Waals surface area (Å²) >= 11 is 7.39. The lowest BCUT2D eigenvalue weighted by atomic mass is 10.3. The van der Waals surface area contributed by atoms with Crippen LogP contribution in [0, 0.1) is 0 Å². The van der Waals surface area contributed by atoms with E-state index in [9.17, 15) is 8.42 Å². The third kappa shape index (κ3) is 3.20. The highest BCUT2D eigenvalue weighted by atomic mass is 35.5. The van der Waals surface area contributed by atoms with Crippen molar-refractivity contribution in [3.8, 4) is 0 Å². The van der Waals surface area contributed by atoms with Gasteiger partial charge in [0.2, 0.25) is 0 Å². The van der Waals surface area contributed by atoms with Crippen LogP contribution in [0.4, 0.5) is 11.4 Å². The molecule has 0 saturated carbocycles. The summed E-state index contributed by atoms with van der Waals surface area (Å²) in [4.78, 5) is 0.797. The maximum Gasteiger partial charge on any atom is 0.263 e. The smallest absolute Gasteiger partial charge is 0.263 e. The van der Waals surface area contributed by atoms with Crippen LogP contribution < -0.4 is 10.5 Å². The molecule has 0 heterocycles. The van der Waals surface area contributed by atoms with E-state index in [1.54, 1.807) is 18.2 Å². The molecule has 0 fully saturated rings. The van der Waals surface area contributed by atoms with Crippen molar-refractivity contribution in [2.45, 2.75) is 9.79 Å².